The fourth-order valence-electron chi connectivity index (χ4n) is 3.86. The van der Waals surface area contributed by atoms with Gasteiger partial charge in [-0.2, -0.15) is 9.97 Å². The number of nitrogens with one attached hydrogen (secondary N) is 1. The summed E-state index contributed by atoms with van der Waals surface area (Å²) in [5.74, 6) is 0.379. The van der Waals surface area contributed by atoms with E-state index in [2.05, 4.69) is 20.3 Å². The minimum Gasteiger partial charge on any atom is -0.387 e. The van der Waals surface area contributed by atoms with E-state index in [1.807, 2.05) is 37.3 Å². The molecule has 3 heterocycles. The lowest BCUT2D eigenvalue weighted by molar-refractivity contribution is -0.0959. The maximum atomic E-state index is 11.0. The summed E-state index contributed by atoms with van der Waals surface area (Å²) in [5, 5.41) is 24.8. The van der Waals surface area contributed by atoms with Crippen LogP contribution in [-0.2, 0) is 14.0 Å². The van der Waals surface area contributed by atoms with Gasteiger partial charge in [-0.05, 0) is 31.0 Å². The van der Waals surface area contributed by atoms with Crippen molar-refractivity contribution in [1.29, 1.82) is 0 Å². The molecule has 34 heavy (non-hydrogen) atoms. The number of hydrogen-bond donors (Lipinski definition) is 5. The van der Waals surface area contributed by atoms with Crippen LogP contribution in [-0.4, -0.2) is 70.3 Å². The van der Waals surface area contributed by atoms with Crippen molar-refractivity contribution < 1.29 is 34.0 Å². The average Bonchev–Trinajstić information content (AvgIpc) is 3.27. The number of hydrogen-bond acceptors (Lipinski definition) is 9. The van der Waals surface area contributed by atoms with Crippen LogP contribution in [0.15, 0.2) is 36.7 Å². The molecule has 5 atom stereocenters. The zero-order valence-corrected chi connectivity index (χ0v) is 20.0. The highest BCUT2D eigenvalue weighted by Crippen LogP contribution is 2.41. The van der Waals surface area contributed by atoms with E-state index in [0.29, 0.717) is 11.3 Å². The topological polar surface area (TPSA) is 172 Å². The van der Waals surface area contributed by atoms with E-state index in [1.165, 1.54) is 17.8 Å². The minimum atomic E-state index is -4.39. The largest absolute Gasteiger partial charge is 0.387 e. The zero-order valence-electron chi connectivity index (χ0n) is 18.3. The third-order valence-corrected chi connectivity index (χ3v) is 6.28. The first-order chi connectivity index (χ1) is 16.0. The van der Waals surface area contributed by atoms with Crippen LogP contribution in [0.5, 0.6) is 0 Å². The van der Waals surface area contributed by atoms with Gasteiger partial charge in [0, 0.05) is 0 Å². The summed E-state index contributed by atoms with van der Waals surface area (Å²) in [6.45, 7) is 2.98. The number of imidazole rings is 1. The average molecular weight is 514 g/mol. The molecular weight excluding hydrogens is 489 g/mol. The summed E-state index contributed by atoms with van der Waals surface area (Å²) in [4.78, 5) is 30.8. The van der Waals surface area contributed by atoms with Crippen LogP contribution in [0, 0.1) is 0 Å². The lowest BCUT2D eigenvalue weighted by Crippen LogP contribution is -2.44. The second-order valence-corrected chi connectivity index (χ2v) is 10.2. The van der Waals surface area contributed by atoms with E-state index >= 15 is 0 Å². The van der Waals surface area contributed by atoms with Crippen LogP contribution in [0.1, 0.15) is 31.7 Å². The molecule has 0 saturated carbocycles. The molecule has 2 aromatic heterocycles. The summed E-state index contributed by atoms with van der Waals surface area (Å²) < 4.78 is 23.2. The standard InChI is InChI=1S/C20H25ClN5O7P/c1-11(12-6-4-3-5-7-12)23-16-14-17(25-19(21)24-16)26(9-22-14)18-20(2,28)15(27)13(33-18)8-32-10-34(29,30)31/h3-7,9,11,13,15,18,27-28H,8,10H2,1-2H3,(H,23,24,25)(H2,29,30,31)/t11-,13-,15-,18-,20-/m1/s1. The Morgan fingerprint density at radius 1 is 1.32 bits per heavy atom. The number of benzene rings is 1. The maximum absolute atomic E-state index is 11.0. The number of aliphatic hydroxyl groups is 2. The summed E-state index contributed by atoms with van der Waals surface area (Å²) in [7, 11) is -4.39. The van der Waals surface area contributed by atoms with Crippen molar-refractivity contribution in [3.8, 4) is 0 Å². The number of nitrogens with zero attached hydrogens (tertiary/aromatic N) is 4. The van der Waals surface area contributed by atoms with Crippen LogP contribution in [0.25, 0.3) is 11.2 Å². The van der Waals surface area contributed by atoms with Gasteiger partial charge in [0.2, 0.25) is 5.28 Å². The molecule has 3 aromatic rings. The third-order valence-electron chi connectivity index (χ3n) is 5.60. The van der Waals surface area contributed by atoms with Crippen molar-refractivity contribution in [1.82, 2.24) is 19.5 Å². The maximum Gasteiger partial charge on any atom is 0.350 e. The number of anilines is 1. The van der Waals surface area contributed by atoms with Gasteiger partial charge in [-0.25, -0.2) is 4.98 Å². The molecular formula is C20H25ClN5O7P. The van der Waals surface area contributed by atoms with Gasteiger partial charge in [-0.3, -0.25) is 9.13 Å². The number of fused-ring (bicyclic) bond motifs is 1. The molecule has 1 aliphatic rings. The molecule has 12 nitrogen and oxygen atoms in total. The van der Waals surface area contributed by atoms with Gasteiger partial charge in [-0.1, -0.05) is 30.3 Å². The Balaban J connectivity index is 1.61. The third kappa shape index (κ3) is 5.09. The molecule has 0 amide bonds. The fourth-order valence-corrected chi connectivity index (χ4v) is 4.37. The summed E-state index contributed by atoms with van der Waals surface area (Å²) >= 11 is 6.18. The van der Waals surface area contributed by atoms with E-state index in [1.54, 1.807) is 0 Å². The zero-order chi connectivity index (χ0) is 24.7. The number of rotatable bonds is 8. The van der Waals surface area contributed by atoms with Crippen LogP contribution in [0.3, 0.4) is 0 Å². The number of ether oxygens (including phenoxy) is 2. The van der Waals surface area contributed by atoms with Gasteiger partial charge in [0.1, 0.15) is 24.2 Å². The Hall–Kier alpha value is -2.15. The number of halogens is 1. The number of aromatic nitrogens is 4. The molecule has 0 spiro atoms. The monoisotopic (exact) mass is 513 g/mol. The Bertz CT molecular complexity index is 1200. The molecule has 5 N–H and O–H groups in total. The van der Waals surface area contributed by atoms with Gasteiger partial charge < -0.3 is 34.8 Å². The van der Waals surface area contributed by atoms with Gasteiger partial charge in [0.25, 0.3) is 0 Å². The first kappa shape index (κ1) is 25.0. The predicted octanol–water partition coefficient (Wildman–Crippen LogP) is 1.81. The summed E-state index contributed by atoms with van der Waals surface area (Å²) in [6, 6.07) is 9.59. The van der Waals surface area contributed by atoms with Crippen LogP contribution < -0.4 is 5.32 Å². The number of aliphatic hydroxyl groups excluding tert-OH is 1. The Labute approximate surface area is 199 Å². The van der Waals surface area contributed by atoms with Crippen molar-refractivity contribution in [2.75, 3.05) is 18.3 Å². The smallest absolute Gasteiger partial charge is 0.350 e. The first-order valence-corrected chi connectivity index (χ1v) is 12.5. The van der Waals surface area contributed by atoms with E-state index in [0.717, 1.165) is 5.56 Å². The minimum absolute atomic E-state index is 0.0586. The second-order valence-electron chi connectivity index (χ2n) is 8.30. The molecule has 0 unspecified atom stereocenters. The van der Waals surface area contributed by atoms with E-state index in [9.17, 15) is 14.8 Å². The molecule has 184 valence electrons. The van der Waals surface area contributed by atoms with Gasteiger partial charge in [0.05, 0.1) is 19.0 Å². The molecule has 0 bridgehead atoms. The highest BCUT2D eigenvalue weighted by atomic mass is 35.5. The summed E-state index contributed by atoms with van der Waals surface area (Å²) in [6.07, 6.45) is -3.06. The van der Waals surface area contributed by atoms with Crippen LogP contribution >= 0.6 is 19.2 Å². The van der Waals surface area contributed by atoms with Crippen LogP contribution in [0.2, 0.25) is 5.28 Å². The molecule has 4 rings (SSSR count). The molecule has 1 aromatic carbocycles. The molecule has 1 aliphatic heterocycles. The molecule has 0 aliphatic carbocycles. The predicted molar refractivity (Wildman–Crippen MR) is 122 cm³/mol. The molecule has 0 radical (unpaired) electrons. The quantitative estimate of drug-likeness (QED) is 0.219. The summed E-state index contributed by atoms with van der Waals surface area (Å²) in [5.41, 5.74) is -0.140. The van der Waals surface area contributed by atoms with Gasteiger partial charge in [-0.15, -0.1) is 0 Å². The fraction of sp³-hybridized carbons (Fsp3) is 0.450. The molecule has 1 saturated heterocycles. The van der Waals surface area contributed by atoms with Gasteiger partial charge >= 0.3 is 7.60 Å². The van der Waals surface area contributed by atoms with Crippen molar-refractivity contribution in [2.24, 2.45) is 0 Å². The second kappa shape index (κ2) is 9.48. The van der Waals surface area contributed by atoms with Crippen molar-refractivity contribution in [2.45, 2.75) is 43.9 Å². The first-order valence-electron chi connectivity index (χ1n) is 10.4. The van der Waals surface area contributed by atoms with Crippen molar-refractivity contribution >= 4 is 36.2 Å². The Morgan fingerprint density at radius 3 is 2.71 bits per heavy atom. The van der Waals surface area contributed by atoms with Crippen molar-refractivity contribution in [3.05, 3.63) is 47.5 Å². The Morgan fingerprint density at radius 2 is 2.03 bits per heavy atom. The van der Waals surface area contributed by atoms with E-state index in [-0.39, 0.29) is 23.6 Å². The molecule has 14 heteroatoms. The highest BCUT2D eigenvalue weighted by molar-refractivity contribution is 7.51. The van der Waals surface area contributed by atoms with E-state index < -0.39 is 38.0 Å². The lowest BCUT2D eigenvalue weighted by atomic mass is 9.96. The SMILES string of the molecule is C[C@@H](Nc1nc(Cl)nc2c1ncn2[C@@H]1O[C@H](COCP(=O)(O)O)[C@@H](O)[C@@]1(C)O)c1ccccc1. The van der Waals surface area contributed by atoms with E-state index in [4.69, 9.17) is 30.9 Å². The Kier molecular flexibility index (Phi) is 6.96. The van der Waals surface area contributed by atoms with Gasteiger partial charge in [0.15, 0.2) is 23.2 Å². The highest BCUT2D eigenvalue weighted by Gasteiger charge is 2.53. The molecule has 1 fully saturated rings. The van der Waals surface area contributed by atoms with Crippen LogP contribution in [0.4, 0.5) is 5.82 Å². The van der Waals surface area contributed by atoms with Crippen molar-refractivity contribution in [3.63, 3.8) is 0 Å². The lowest BCUT2D eigenvalue weighted by Gasteiger charge is -2.27. The normalized spacial score (nSPS) is 26.1.